The Morgan fingerprint density at radius 1 is 1.14 bits per heavy atom. The molecule has 0 spiro atoms. The standard InChI is InChI=1S/C15H21ClN2O3S/c16-13-3-5-15(6-4-13)22(19,20)18-9-7-17(8-10-18)12-14-2-1-11-21-14/h3-6,14H,1-2,7-12H2. The summed E-state index contributed by atoms with van der Waals surface area (Å²) in [7, 11) is -3.41. The van der Waals surface area contributed by atoms with E-state index in [9.17, 15) is 8.42 Å². The van der Waals surface area contributed by atoms with E-state index in [2.05, 4.69) is 4.90 Å². The molecule has 122 valence electrons. The first-order valence-electron chi connectivity index (χ1n) is 7.65. The fraction of sp³-hybridized carbons (Fsp3) is 0.600. The molecule has 1 aromatic rings. The molecule has 3 rings (SSSR count). The maximum Gasteiger partial charge on any atom is 0.243 e. The minimum atomic E-state index is -3.41. The van der Waals surface area contributed by atoms with Crippen LogP contribution < -0.4 is 0 Å². The van der Waals surface area contributed by atoms with Crippen molar-refractivity contribution in [2.45, 2.75) is 23.8 Å². The van der Waals surface area contributed by atoms with Crippen molar-refractivity contribution >= 4 is 21.6 Å². The molecule has 2 fully saturated rings. The average Bonchev–Trinajstić information content (AvgIpc) is 3.01. The van der Waals surface area contributed by atoms with Gasteiger partial charge in [-0.1, -0.05) is 11.6 Å². The van der Waals surface area contributed by atoms with Crippen LogP contribution in [0.15, 0.2) is 29.2 Å². The highest BCUT2D eigenvalue weighted by Crippen LogP contribution is 2.20. The Kier molecular flexibility index (Phi) is 5.04. The lowest BCUT2D eigenvalue weighted by Gasteiger charge is -2.35. The number of rotatable bonds is 4. The summed E-state index contributed by atoms with van der Waals surface area (Å²) in [6, 6.07) is 6.36. The minimum absolute atomic E-state index is 0.310. The number of halogens is 1. The van der Waals surface area contributed by atoms with E-state index in [1.807, 2.05) is 0 Å². The topological polar surface area (TPSA) is 49.9 Å². The summed E-state index contributed by atoms with van der Waals surface area (Å²) >= 11 is 5.82. The van der Waals surface area contributed by atoms with Gasteiger partial charge in [-0.05, 0) is 37.1 Å². The SMILES string of the molecule is O=S(=O)(c1ccc(Cl)cc1)N1CCN(CC2CCCO2)CC1. The van der Waals surface area contributed by atoms with Gasteiger partial charge in [0.1, 0.15) is 0 Å². The van der Waals surface area contributed by atoms with Gasteiger partial charge in [0.15, 0.2) is 0 Å². The number of piperazine rings is 1. The third-order valence-electron chi connectivity index (χ3n) is 4.27. The van der Waals surface area contributed by atoms with Gasteiger partial charge in [0.2, 0.25) is 10.0 Å². The van der Waals surface area contributed by atoms with Crippen LogP contribution in [0.5, 0.6) is 0 Å². The molecule has 22 heavy (non-hydrogen) atoms. The van der Waals surface area contributed by atoms with Crippen LogP contribution in [0, 0.1) is 0 Å². The first-order chi connectivity index (χ1) is 10.6. The van der Waals surface area contributed by atoms with E-state index in [4.69, 9.17) is 16.3 Å². The van der Waals surface area contributed by atoms with Crippen LogP contribution in [0.25, 0.3) is 0 Å². The van der Waals surface area contributed by atoms with Crippen molar-refractivity contribution in [1.82, 2.24) is 9.21 Å². The molecule has 0 radical (unpaired) electrons. The highest BCUT2D eigenvalue weighted by molar-refractivity contribution is 7.89. The van der Waals surface area contributed by atoms with Crippen LogP contribution in [-0.4, -0.2) is 63.1 Å². The van der Waals surface area contributed by atoms with Crippen LogP contribution >= 0.6 is 11.6 Å². The molecule has 2 saturated heterocycles. The number of sulfonamides is 1. The Hall–Kier alpha value is -0.660. The van der Waals surface area contributed by atoms with E-state index in [1.54, 1.807) is 28.6 Å². The predicted molar refractivity (Wildman–Crippen MR) is 85.6 cm³/mol. The summed E-state index contributed by atoms with van der Waals surface area (Å²) in [5, 5.41) is 0.542. The van der Waals surface area contributed by atoms with E-state index in [0.29, 0.717) is 29.1 Å². The summed E-state index contributed by atoms with van der Waals surface area (Å²) in [4.78, 5) is 2.61. The molecule has 0 N–H and O–H groups in total. The third kappa shape index (κ3) is 3.63. The van der Waals surface area contributed by atoms with Gasteiger partial charge < -0.3 is 4.74 Å². The normalized spacial score (nSPS) is 24.7. The molecule has 2 heterocycles. The van der Waals surface area contributed by atoms with Gasteiger partial charge in [-0.3, -0.25) is 4.90 Å². The molecule has 0 bridgehead atoms. The highest BCUT2D eigenvalue weighted by atomic mass is 35.5. The molecule has 1 unspecified atom stereocenters. The van der Waals surface area contributed by atoms with Gasteiger partial charge in [0.05, 0.1) is 11.0 Å². The molecule has 0 amide bonds. The quantitative estimate of drug-likeness (QED) is 0.836. The van der Waals surface area contributed by atoms with Gasteiger partial charge in [-0.25, -0.2) is 8.42 Å². The summed E-state index contributed by atoms with van der Waals surface area (Å²) in [5.41, 5.74) is 0. The van der Waals surface area contributed by atoms with Crippen LogP contribution in [0.3, 0.4) is 0 Å². The Morgan fingerprint density at radius 3 is 2.41 bits per heavy atom. The molecule has 2 aliphatic heterocycles. The Bertz CT molecular complexity index is 592. The molecule has 2 aliphatic rings. The van der Waals surface area contributed by atoms with E-state index >= 15 is 0 Å². The minimum Gasteiger partial charge on any atom is -0.377 e. The smallest absolute Gasteiger partial charge is 0.243 e. The van der Waals surface area contributed by atoms with Gasteiger partial charge in [0.25, 0.3) is 0 Å². The van der Waals surface area contributed by atoms with Crippen molar-refractivity contribution in [1.29, 1.82) is 0 Å². The molecule has 1 atom stereocenters. The zero-order valence-corrected chi connectivity index (χ0v) is 14.0. The molecule has 7 heteroatoms. The van der Waals surface area contributed by atoms with Crippen molar-refractivity contribution in [2.24, 2.45) is 0 Å². The fourth-order valence-electron chi connectivity index (χ4n) is 2.98. The van der Waals surface area contributed by atoms with Crippen LogP contribution in [0.1, 0.15) is 12.8 Å². The molecular formula is C15H21ClN2O3S. The van der Waals surface area contributed by atoms with Gasteiger partial charge in [-0.15, -0.1) is 0 Å². The first kappa shape index (κ1) is 16.2. The largest absolute Gasteiger partial charge is 0.377 e. The maximum absolute atomic E-state index is 12.6. The van der Waals surface area contributed by atoms with E-state index in [0.717, 1.165) is 39.1 Å². The second-order valence-electron chi connectivity index (χ2n) is 5.79. The summed E-state index contributed by atoms with van der Waals surface area (Å²) < 4.78 is 32.4. The van der Waals surface area contributed by atoms with E-state index < -0.39 is 10.0 Å². The Labute approximate surface area is 136 Å². The van der Waals surface area contributed by atoms with Crippen molar-refractivity contribution in [3.05, 3.63) is 29.3 Å². The molecule has 5 nitrogen and oxygen atoms in total. The highest BCUT2D eigenvalue weighted by Gasteiger charge is 2.29. The van der Waals surface area contributed by atoms with Crippen LogP contribution in [0.2, 0.25) is 5.02 Å². The van der Waals surface area contributed by atoms with Crippen LogP contribution in [0.4, 0.5) is 0 Å². The maximum atomic E-state index is 12.6. The monoisotopic (exact) mass is 344 g/mol. The zero-order chi connectivity index (χ0) is 15.6. The second-order valence-corrected chi connectivity index (χ2v) is 8.17. The summed E-state index contributed by atoms with van der Waals surface area (Å²) in [6.45, 7) is 4.33. The van der Waals surface area contributed by atoms with Crippen molar-refractivity contribution < 1.29 is 13.2 Å². The van der Waals surface area contributed by atoms with Crippen molar-refractivity contribution in [3.63, 3.8) is 0 Å². The Balaban J connectivity index is 1.59. The number of ether oxygens (including phenoxy) is 1. The van der Waals surface area contributed by atoms with Gasteiger partial charge in [-0.2, -0.15) is 4.31 Å². The lowest BCUT2D eigenvalue weighted by atomic mass is 10.2. The van der Waals surface area contributed by atoms with Crippen molar-refractivity contribution in [3.8, 4) is 0 Å². The number of hydrogen-bond donors (Lipinski definition) is 0. The molecule has 0 aliphatic carbocycles. The van der Waals surface area contributed by atoms with Gasteiger partial charge in [0, 0.05) is 44.4 Å². The summed E-state index contributed by atoms with van der Waals surface area (Å²) in [6.07, 6.45) is 2.57. The number of benzene rings is 1. The molecule has 0 saturated carbocycles. The van der Waals surface area contributed by atoms with Gasteiger partial charge >= 0.3 is 0 Å². The lowest BCUT2D eigenvalue weighted by Crippen LogP contribution is -2.50. The summed E-state index contributed by atoms with van der Waals surface area (Å²) in [5.74, 6) is 0. The molecular weight excluding hydrogens is 324 g/mol. The third-order valence-corrected chi connectivity index (χ3v) is 6.43. The van der Waals surface area contributed by atoms with Crippen LogP contribution in [-0.2, 0) is 14.8 Å². The average molecular weight is 345 g/mol. The molecule has 1 aromatic carbocycles. The number of nitrogens with zero attached hydrogens (tertiary/aromatic N) is 2. The Morgan fingerprint density at radius 2 is 1.82 bits per heavy atom. The number of hydrogen-bond acceptors (Lipinski definition) is 4. The zero-order valence-electron chi connectivity index (χ0n) is 12.4. The second kappa shape index (κ2) is 6.84. The van der Waals surface area contributed by atoms with Crippen molar-refractivity contribution in [2.75, 3.05) is 39.3 Å². The van der Waals surface area contributed by atoms with E-state index in [-0.39, 0.29) is 0 Å². The fourth-order valence-corrected chi connectivity index (χ4v) is 4.53. The lowest BCUT2D eigenvalue weighted by molar-refractivity contribution is 0.0617. The predicted octanol–water partition coefficient (Wildman–Crippen LogP) is 1.83. The van der Waals surface area contributed by atoms with E-state index in [1.165, 1.54) is 0 Å². The molecule has 0 aromatic heterocycles. The first-order valence-corrected chi connectivity index (χ1v) is 9.47.